The minimum atomic E-state index is -0.616. The van der Waals surface area contributed by atoms with Crippen LogP contribution in [0.4, 0.5) is 0 Å². The molecule has 62 valence electrons. The highest BCUT2D eigenvalue weighted by Gasteiger charge is 2.28. The van der Waals surface area contributed by atoms with E-state index in [0.29, 0.717) is 13.0 Å². The van der Waals surface area contributed by atoms with Crippen molar-refractivity contribution in [2.75, 3.05) is 13.2 Å². The fourth-order valence-electron chi connectivity index (χ4n) is 1.15. The van der Waals surface area contributed by atoms with Crippen molar-refractivity contribution in [1.29, 1.82) is 0 Å². The summed E-state index contributed by atoms with van der Waals surface area (Å²) in [6.07, 6.45) is 4.62. The van der Waals surface area contributed by atoms with Crippen LogP contribution in [0.2, 0.25) is 0 Å². The van der Waals surface area contributed by atoms with E-state index in [1.54, 1.807) is 0 Å². The molecule has 0 aromatic carbocycles. The molecule has 1 fully saturated rings. The van der Waals surface area contributed by atoms with Gasteiger partial charge in [-0.3, -0.25) is 0 Å². The van der Waals surface area contributed by atoms with E-state index in [2.05, 4.69) is 5.92 Å². The number of hydrogen-bond donors (Lipinski definition) is 2. The Bertz CT molecular complexity index is 161. The quantitative estimate of drug-likeness (QED) is 0.497. The Balaban J connectivity index is 2.42. The Labute approximate surface area is 66.0 Å². The molecule has 0 saturated carbocycles. The van der Waals surface area contributed by atoms with Gasteiger partial charge in [0.1, 0.15) is 6.10 Å². The zero-order valence-electron chi connectivity index (χ0n) is 6.23. The second-order valence-electron chi connectivity index (χ2n) is 2.72. The lowest BCUT2D eigenvalue weighted by atomic mass is 9.97. The Hall–Kier alpha value is -0.560. The summed E-state index contributed by atoms with van der Waals surface area (Å²) >= 11 is 0. The molecule has 1 heterocycles. The molecule has 0 aromatic heterocycles. The van der Waals surface area contributed by atoms with Gasteiger partial charge in [-0.2, -0.15) is 0 Å². The van der Waals surface area contributed by atoms with Crippen LogP contribution in [-0.4, -0.2) is 35.6 Å². The highest BCUT2D eigenvalue weighted by molar-refractivity contribution is 4.97. The predicted octanol–water partition coefficient (Wildman–Crippen LogP) is -0.622. The van der Waals surface area contributed by atoms with E-state index in [1.165, 1.54) is 0 Å². The van der Waals surface area contributed by atoms with Gasteiger partial charge in [-0.1, -0.05) is 0 Å². The van der Waals surface area contributed by atoms with Gasteiger partial charge in [0.2, 0.25) is 0 Å². The highest BCUT2D eigenvalue weighted by atomic mass is 16.5. The molecule has 11 heavy (non-hydrogen) atoms. The lowest BCUT2D eigenvalue weighted by Gasteiger charge is -2.29. The average molecular weight is 156 g/mol. The maximum Gasteiger partial charge on any atom is 0.106 e. The third-order valence-corrected chi connectivity index (χ3v) is 1.88. The topological polar surface area (TPSA) is 49.7 Å². The molecular formula is C8H12O3. The normalized spacial score (nSPS) is 38.1. The highest BCUT2D eigenvalue weighted by Crippen LogP contribution is 2.18. The van der Waals surface area contributed by atoms with E-state index in [1.807, 2.05) is 0 Å². The second-order valence-corrected chi connectivity index (χ2v) is 2.72. The minimum Gasteiger partial charge on any atom is -0.394 e. The average Bonchev–Trinajstić information content (AvgIpc) is 2.04. The molecule has 0 aromatic rings. The molecule has 3 nitrogen and oxygen atoms in total. The van der Waals surface area contributed by atoms with Crippen molar-refractivity contribution in [3.63, 3.8) is 0 Å². The van der Waals surface area contributed by atoms with Crippen LogP contribution < -0.4 is 0 Å². The lowest BCUT2D eigenvalue weighted by molar-refractivity contribution is -0.106. The van der Waals surface area contributed by atoms with Gasteiger partial charge in [-0.15, -0.1) is 12.3 Å². The minimum absolute atomic E-state index is 0.00667. The summed E-state index contributed by atoms with van der Waals surface area (Å²) in [5.41, 5.74) is 0. The van der Waals surface area contributed by atoms with Crippen LogP contribution in [0.3, 0.4) is 0 Å². The zero-order chi connectivity index (χ0) is 8.27. The fraction of sp³-hybridized carbons (Fsp3) is 0.750. The van der Waals surface area contributed by atoms with Crippen LogP contribution in [0.1, 0.15) is 6.42 Å². The van der Waals surface area contributed by atoms with Gasteiger partial charge < -0.3 is 14.9 Å². The first kappa shape index (κ1) is 8.54. The van der Waals surface area contributed by atoms with E-state index in [0.717, 1.165) is 0 Å². The molecule has 1 saturated heterocycles. The summed E-state index contributed by atoms with van der Waals surface area (Å²) < 4.78 is 5.10. The first-order valence-corrected chi connectivity index (χ1v) is 3.64. The maximum absolute atomic E-state index is 9.29. The molecule has 1 rings (SSSR count). The summed E-state index contributed by atoms with van der Waals surface area (Å²) in [4.78, 5) is 0. The summed E-state index contributed by atoms with van der Waals surface area (Å²) in [5.74, 6) is 2.51. The first-order chi connectivity index (χ1) is 5.27. The van der Waals surface area contributed by atoms with E-state index < -0.39 is 12.2 Å². The second kappa shape index (κ2) is 3.72. The molecule has 0 bridgehead atoms. The van der Waals surface area contributed by atoms with Crippen molar-refractivity contribution >= 4 is 0 Å². The van der Waals surface area contributed by atoms with E-state index in [4.69, 9.17) is 16.3 Å². The van der Waals surface area contributed by atoms with Crippen molar-refractivity contribution < 1.29 is 14.9 Å². The number of ether oxygens (including phenoxy) is 1. The number of aliphatic hydroxyl groups excluding tert-OH is 2. The number of hydrogen-bond acceptors (Lipinski definition) is 3. The Kier molecular flexibility index (Phi) is 2.89. The van der Waals surface area contributed by atoms with Gasteiger partial charge in [-0.05, 0) is 6.42 Å². The smallest absolute Gasteiger partial charge is 0.106 e. The Morgan fingerprint density at radius 2 is 2.36 bits per heavy atom. The maximum atomic E-state index is 9.29. The van der Waals surface area contributed by atoms with Crippen LogP contribution in [0.5, 0.6) is 0 Å². The largest absolute Gasteiger partial charge is 0.394 e. The van der Waals surface area contributed by atoms with E-state index in [-0.39, 0.29) is 12.5 Å². The van der Waals surface area contributed by atoms with Gasteiger partial charge in [0.25, 0.3) is 0 Å². The SMILES string of the molecule is C#CC1COC(CO)C(O)C1. The number of terminal acetylenes is 1. The Morgan fingerprint density at radius 1 is 1.64 bits per heavy atom. The summed E-state index contributed by atoms with van der Waals surface area (Å²) in [6, 6.07) is 0. The van der Waals surface area contributed by atoms with E-state index >= 15 is 0 Å². The van der Waals surface area contributed by atoms with Gasteiger partial charge >= 0.3 is 0 Å². The van der Waals surface area contributed by atoms with Crippen molar-refractivity contribution in [2.45, 2.75) is 18.6 Å². The zero-order valence-corrected chi connectivity index (χ0v) is 6.23. The summed E-state index contributed by atoms with van der Waals surface area (Å²) in [6.45, 7) is 0.303. The molecule has 0 amide bonds. The molecule has 1 aliphatic rings. The molecule has 0 spiro atoms. The molecule has 0 aliphatic carbocycles. The van der Waals surface area contributed by atoms with Gasteiger partial charge in [0, 0.05) is 5.92 Å². The van der Waals surface area contributed by atoms with Crippen LogP contribution in [0.25, 0.3) is 0 Å². The third-order valence-electron chi connectivity index (χ3n) is 1.88. The monoisotopic (exact) mass is 156 g/mol. The van der Waals surface area contributed by atoms with Crippen molar-refractivity contribution in [3.05, 3.63) is 0 Å². The van der Waals surface area contributed by atoms with Crippen molar-refractivity contribution in [3.8, 4) is 12.3 Å². The summed E-state index contributed by atoms with van der Waals surface area (Å²) in [5, 5.41) is 18.0. The van der Waals surface area contributed by atoms with Crippen LogP contribution in [0, 0.1) is 18.3 Å². The molecule has 3 heteroatoms. The standard InChI is InChI=1S/C8H12O3/c1-2-6-3-7(10)8(4-9)11-5-6/h1,6-10H,3-5H2. The van der Waals surface area contributed by atoms with Gasteiger partial charge in [-0.25, -0.2) is 0 Å². The molecule has 1 aliphatic heterocycles. The molecule has 3 unspecified atom stereocenters. The van der Waals surface area contributed by atoms with Crippen LogP contribution in [0.15, 0.2) is 0 Å². The fourth-order valence-corrected chi connectivity index (χ4v) is 1.15. The third kappa shape index (κ3) is 1.93. The van der Waals surface area contributed by atoms with E-state index in [9.17, 15) is 5.11 Å². The Morgan fingerprint density at radius 3 is 2.82 bits per heavy atom. The molecule has 0 radical (unpaired) electrons. The van der Waals surface area contributed by atoms with Crippen LogP contribution in [-0.2, 0) is 4.74 Å². The molecular weight excluding hydrogens is 144 g/mol. The van der Waals surface area contributed by atoms with Crippen molar-refractivity contribution in [1.82, 2.24) is 0 Å². The lowest BCUT2D eigenvalue weighted by Crippen LogP contribution is -2.40. The summed E-state index contributed by atoms with van der Waals surface area (Å²) in [7, 11) is 0. The van der Waals surface area contributed by atoms with Crippen LogP contribution >= 0.6 is 0 Å². The number of rotatable bonds is 1. The van der Waals surface area contributed by atoms with Gasteiger partial charge in [0.15, 0.2) is 0 Å². The van der Waals surface area contributed by atoms with Gasteiger partial charge in [0.05, 0.1) is 19.3 Å². The van der Waals surface area contributed by atoms with Crippen molar-refractivity contribution in [2.24, 2.45) is 5.92 Å². The first-order valence-electron chi connectivity index (χ1n) is 3.64. The molecule has 3 atom stereocenters. The molecule has 2 N–H and O–H groups in total. The number of aliphatic hydroxyl groups is 2. The predicted molar refractivity (Wildman–Crippen MR) is 39.8 cm³/mol.